The van der Waals surface area contributed by atoms with Crippen LogP contribution in [0.15, 0.2) is 36.4 Å². The number of carbonyl (C=O) groups excluding carboxylic acids is 2. The minimum atomic E-state index is -0.670. The summed E-state index contributed by atoms with van der Waals surface area (Å²) < 4.78 is 5.77. The standard InChI is InChI=1S/C25H32Cl2N2O3/c1-7-22(24(31)28-25(4,5)6)29(14-18-9-10-19(26)13-21(18)27)23(30)15-32-20-11-8-16(2)17(3)12-20/h8-13,22H,7,14-15H2,1-6H3,(H,28,31). The van der Waals surface area contributed by atoms with Gasteiger partial charge in [-0.1, -0.05) is 42.3 Å². The first-order valence-electron chi connectivity index (χ1n) is 10.7. The summed E-state index contributed by atoms with van der Waals surface area (Å²) in [5.41, 5.74) is 2.51. The summed E-state index contributed by atoms with van der Waals surface area (Å²) in [7, 11) is 0. The number of aryl methyl sites for hydroxylation is 2. The van der Waals surface area contributed by atoms with Gasteiger partial charge in [-0.15, -0.1) is 0 Å². The lowest BCUT2D eigenvalue weighted by Gasteiger charge is -2.33. The molecule has 0 aliphatic carbocycles. The molecule has 0 bridgehead atoms. The maximum atomic E-state index is 13.3. The molecular weight excluding hydrogens is 447 g/mol. The predicted octanol–water partition coefficient (Wildman–Crippen LogP) is 5.71. The molecule has 0 heterocycles. The highest BCUT2D eigenvalue weighted by Gasteiger charge is 2.31. The average molecular weight is 479 g/mol. The number of rotatable bonds is 8. The molecule has 0 saturated carbocycles. The topological polar surface area (TPSA) is 58.6 Å². The number of nitrogens with zero attached hydrogens (tertiary/aromatic N) is 1. The monoisotopic (exact) mass is 478 g/mol. The third-order valence-electron chi connectivity index (χ3n) is 5.08. The molecule has 2 amide bonds. The van der Waals surface area contributed by atoms with Crippen molar-refractivity contribution in [1.29, 1.82) is 0 Å². The minimum Gasteiger partial charge on any atom is -0.484 e. The third kappa shape index (κ3) is 7.42. The minimum absolute atomic E-state index is 0.168. The summed E-state index contributed by atoms with van der Waals surface area (Å²) >= 11 is 12.4. The molecule has 1 N–H and O–H groups in total. The van der Waals surface area contributed by atoms with Gasteiger partial charge in [0.05, 0.1) is 0 Å². The Morgan fingerprint density at radius 2 is 1.75 bits per heavy atom. The van der Waals surface area contributed by atoms with Gasteiger partial charge in [-0.2, -0.15) is 0 Å². The van der Waals surface area contributed by atoms with Crippen molar-refractivity contribution < 1.29 is 14.3 Å². The quantitative estimate of drug-likeness (QED) is 0.528. The number of nitrogens with one attached hydrogen (secondary N) is 1. The van der Waals surface area contributed by atoms with Gasteiger partial charge in [0.1, 0.15) is 11.8 Å². The highest BCUT2D eigenvalue weighted by molar-refractivity contribution is 6.35. The molecule has 5 nitrogen and oxygen atoms in total. The van der Waals surface area contributed by atoms with Gasteiger partial charge >= 0.3 is 0 Å². The van der Waals surface area contributed by atoms with Crippen molar-refractivity contribution in [3.05, 3.63) is 63.1 Å². The molecule has 0 radical (unpaired) electrons. The lowest BCUT2D eigenvalue weighted by Crippen LogP contribution is -2.54. The van der Waals surface area contributed by atoms with Gasteiger partial charge < -0.3 is 15.0 Å². The maximum Gasteiger partial charge on any atom is 0.261 e. The normalized spacial score (nSPS) is 12.2. The van der Waals surface area contributed by atoms with Crippen LogP contribution in [0.1, 0.15) is 50.8 Å². The Hall–Kier alpha value is -2.24. The van der Waals surface area contributed by atoms with Crippen LogP contribution in [0.4, 0.5) is 0 Å². The summed E-state index contributed by atoms with van der Waals surface area (Å²) in [6.45, 7) is 11.6. The molecule has 0 aliphatic heterocycles. The Kier molecular flexibility index (Phi) is 8.99. The molecular formula is C25H32Cl2N2O3. The van der Waals surface area contributed by atoms with Crippen LogP contribution >= 0.6 is 23.2 Å². The third-order valence-corrected chi connectivity index (χ3v) is 5.67. The van der Waals surface area contributed by atoms with E-state index in [1.807, 2.05) is 59.7 Å². The first kappa shape index (κ1) is 26.0. The zero-order valence-electron chi connectivity index (χ0n) is 19.6. The van der Waals surface area contributed by atoms with E-state index in [1.165, 1.54) is 4.90 Å². The van der Waals surface area contributed by atoms with Crippen LogP contribution in [0, 0.1) is 13.8 Å². The van der Waals surface area contributed by atoms with Crippen molar-refractivity contribution in [1.82, 2.24) is 10.2 Å². The van der Waals surface area contributed by atoms with Gasteiger partial charge in [-0.25, -0.2) is 0 Å². The number of carbonyl (C=O) groups is 2. The zero-order chi connectivity index (χ0) is 24.1. The molecule has 1 atom stereocenters. The Morgan fingerprint density at radius 3 is 2.31 bits per heavy atom. The Morgan fingerprint density at radius 1 is 1.06 bits per heavy atom. The molecule has 0 fully saturated rings. The van der Waals surface area contributed by atoms with E-state index in [0.717, 1.165) is 11.1 Å². The molecule has 32 heavy (non-hydrogen) atoms. The molecule has 0 saturated heterocycles. The number of amides is 2. The number of benzene rings is 2. The molecule has 7 heteroatoms. The van der Waals surface area contributed by atoms with Gasteiger partial charge in [-0.3, -0.25) is 9.59 Å². The van der Waals surface area contributed by atoms with Crippen molar-refractivity contribution >= 4 is 35.0 Å². The van der Waals surface area contributed by atoms with E-state index in [4.69, 9.17) is 27.9 Å². The number of halogens is 2. The van der Waals surface area contributed by atoms with Crippen LogP contribution in [0.25, 0.3) is 0 Å². The first-order valence-corrected chi connectivity index (χ1v) is 11.4. The van der Waals surface area contributed by atoms with Crippen LogP contribution in [0.5, 0.6) is 5.75 Å². The fourth-order valence-electron chi connectivity index (χ4n) is 3.24. The molecule has 174 valence electrons. The van der Waals surface area contributed by atoms with Crippen LogP contribution in [-0.2, 0) is 16.1 Å². The van der Waals surface area contributed by atoms with E-state index in [9.17, 15) is 9.59 Å². The van der Waals surface area contributed by atoms with Crippen molar-refractivity contribution in [3.8, 4) is 5.75 Å². The first-order chi connectivity index (χ1) is 14.9. The van der Waals surface area contributed by atoms with E-state index in [-0.39, 0.29) is 25.0 Å². The van der Waals surface area contributed by atoms with Crippen molar-refractivity contribution in [3.63, 3.8) is 0 Å². The summed E-state index contributed by atoms with van der Waals surface area (Å²) in [6, 6.07) is 10.1. The molecule has 2 rings (SSSR count). The largest absolute Gasteiger partial charge is 0.484 e. The smallest absolute Gasteiger partial charge is 0.261 e. The highest BCUT2D eigenvalue weighted by atomic mass is 35.5. The van der Waals surface area contributed by atoms with Crippen LogP contribution in [0.3, 0.4) is 0 Å². The van der Waals surface area contributed by atoms with Crippen LogP contribution < -0.4 is 10.1 Å². The number of hydrogen-bond acceptors (Lipinski definition) is 3. The van der Waals surface area contributed by atoms with Gasteiger partial charge in [0.25, 0.3) is 5.91 Å². The Balaban J connectivity index is 2.29. The molecule has 1 unspecified atom stereocenters. The second-order valence-electron chi connectivity index (χ2n) is 8.96. The van der Waals surface area contributed by atoms with Crippen molar-refractivity contribution in [2.24, 2.45) is 0 Å². The van der Waals surface area contributed by atoms with E-state index in [0.29, 0.717) is 27.8 Å². The van der Waals surface area contributed by atoms with E-state index < -0.39 is 11.6 Å². The fraction of sp³-hybridized carbons (Fsp3) is 0.440. The van der Waals surface area contributed by atoms with Gasteiger partial charge in [-0.05, 0) is 82.0 Å². The van der Waals surface area contributed by atoms with Gasteiger partial charge in [0.15, 0.2) is 6.61 Å². The maximum absolute atomic E-state index is 13.3. The fourth-order valence-corrected chi connectivity index (χ4v) is 3.71. The predicted molar refractivity (Wildman–Crippen MR) is 130 cm³/mol. The Labute approximate surface area is 201 Å². The number of hydrogen-bond donors (Lipinski definition) is 1. The second-order valence-corrected chi connectivity index (χ2v) is 9.80. The lowest BCUT2D eigenvalue weighted by molar-refractivity contribution is -0.143. The van der Waals surface area contributed by atoms with Crippen LogP contribution in [-0.4, -0.2) is 34.9 Å². The molecule has 0 aromatic heterocycles. The molecule has 0 aliphatic rings. The molecule has 2 aromatic rings. The average Bonchev–Trinajstić information content (AvgIpc) is 2.68. The highest BCUT2D eigenvalue weighted by Crippen LogP contribution is 2.24. The summed E-state index contributed by atoms with van der Waals surface area (Å²) in [5.74, 6) is 0.0906. The van der Waals surface area contributed by atoms with Gasteiger partial charge in [0, 0.05) is 22.1 Å². The lowest BCUT2D eigenvalue weighted by atomic mass is 10.1. The summed E-state index contributed by atoms with van der Waals surface area (Å²) in [4.78, 5) is 27.8. The number of ether oxygens (including phenoxy) is 1. The van der Waals surface area contributed by atoms with Crippen molar-refractivity contribution in [2.75, 3.05) is 6.61 Å². The SMILES string of the molecule is CCC(C(=O)NC(C)(C)C)N(Cc1ccc(Cl)cc1Cl)C(=O)COc1ccc(C)c(C)c1. The Bertz CT molecular complexity index is 970. The molecule has 0 spiro atoms. The van der Waals surface area contributed by atoms with E-state index >= 15 is 0 Å². The molecule has 2 aromatic carbocycles. The van der Waals surface area contributed by atoms with E-state index in [2.05, 4.69) is 5.32 Å². The second kappa shape index (κ2) is 11.1. The van der Waals surface area contributed by atoms with Gasteiger partial charge in [0.2, 0.25) is 5.91 Å². The van der Waals surface area contributed by atoms with Crippen LogP contribution in [0.2, 0.25) is 10.0 Å². The summed E-state index contributed by atoms with van der Waals surface area (Å²) in [6.07, 6.45) is 0.447. The van der Waals surface area contributed by atoms with E-state index in [1.54, 1.807) is 18.2 Å². The van der Waals surface area contributed by atoms with Crippen molar-refractivity contribution in [2.45, 2.75) is 66.1 Å². The summed E-state index contributed by atoms with van der Waals surface area (Å²) in [5, 5.41) is 3.92. The zero-order valence-corrected chi connectivity index (χ0v) is 21.1.